The van der Waals surface area contributed by atoms with Crippen molar-refractivity contribution in [1.82, 2.24) is 0 Å². The third-order valence-electron chi connectivity index (χ3n) is 6.19. The van der Waals surface area contributed by atoms with E-state index in [1.54, 1.807) is 7.11 Å². The number of hydrogen-bond donors (Lipinski definition) is 0. The number of methoxy groups -OCH3 is 1. The molecule has 1 unspecified atom stereocenters. The zero-order chi connectivity index (χ0) is 21.2. The molecule has 1 nitrogen and oxygen atoms in total. The monoisotopic (exact) mass is 404 g/mol. The van der Waals surface area contributed by atoms with Gasteiger partial charge in [0, 0.05) is 7.11 Å². The molecule has 0 bridgehead atoms. The molecule has 0 saturated heterocycles. The standard InChI is InChI=1S/C23H36F4O/c1-5-8-9-10-11-12-13-18(23(6-2,7-3)28-4)15-14-17-16-19(24)21(26)22(27)20(17)25/h16,18H,5-15H2,1-4H3. The summed E-state index contributed by atoms with van der Waals surface area (Å²) in [4.78, 5) is 0. The van der Waals surface area contributed by atoms with Crippen molar-refractivity contribution in [2.24, 2.45) is 5.92 Å². The van der Waals surface area contributed by atoms with Crippen LogP contribution in [0.2, 0.25) is 0 Å². The van der Waals surface area contributed by atoms with Gasteiger partial charge in [0.2, 0.25) is 0 Å². The van der Waals surface area contributed by atoms with Crippen molar-refractivity contribution < 1.29 is 22.3 Å². The van der Waals surface area contributed by atoms with E-state index in [4.69, 9.17) is 4.74 Å². The number of rotatable bonds is 14. The molecule has 1 aromatic rings. The summed E-state index contributed by atoms with van der Waals surface area (Å²) in [7, 11) is 1.69. The lowest BCUT2D eigenvalue weighted by atomic mass is 9.76. The molecule has 0 saturated carbocycles. The highest BCUT2D eigenvalue weighted by atomic mass is 19.2. The van der Waals surface area contributed by atoms with Gasteiger partial charge in [0.1, 0.15) is 0 Å². The van der Waals surface area contributed by atoms with Gasteiger partial charge >= 0.3 is 0 Å². The van der Waals surface area contributed by atoms with Crippen molar-refractivity contribution in [3.05, 3.63) is 34.9 Å². The SMILES string of the molecule is CCCCCCCCC(CCc1cc(F)c(F)c(F)c1F)C(CC)(CC)OC. The van der Waals surface area contributed by atoms with Crippen molar-refractivity contribution in [3.8, 4) is 0 Å². The van der Waals surface area contributed by atoms with E-state index in [1.165, 1.54) is 25.7 Å². The lowest BCUT2D eigenvalue weighted by molar-refractivity contribution is -0.0705. The summed E-state index contributed by atoms with van der Waals surface area (Å²) in [6.07, 6.45) is 10.3. The van der Waals surface area contributed by atoms with E-state index >= 15 is 0 Å². The number of aryl methyl sites for hydroxylation is 1. The van der Waals surface area contributed by atoms with E-state index in [-0.39, 0.29) is 23.5 Å². The molecule has 0 aliphatic carbocycles. The zero-order valence-electron chi connectivity index (χ0n) is 17.9. The molecule has 1 rings (SSSR count). The van der Waals surface area contributed by atoms with Crippen LogP contribution in [0, 0.1) is 29.2 Å². The first-order chi connectivity index (χ1) is 13.4. The molecule has 0 spiro atoms. The van der Waals surface area contributed by atoms with Crippen LogP contribution in [0.1, 0.15) is 90.5 Å². The summed E-state index contributed by atoms with van der Waals surface area (Å²) in [6, 6.07) is 0.780. The van der Waals surface area contributed by atoms with Crippen molar-refractivity contribution >= 4 is 0 Å². The van der Waals surface area contributed by atoms with E-state index in [0.717, 1.165) is 38.2 Å². The van der Waals surface area contributed by atoms with Gasteiger partial charge in [0.25, 0.3) is 0 Å². The fourth-order valence-corrected chi connectivity index (χ4v) is 4.26. The average molecular weight is 405 g/mol. The van der Waals surface area contributed by atoms with Gasteiger partial charge in [-0.05, 0) is 49.7 Å². The Morgan fingerprint density at radius 1 is 0.821 bits per heavy atom. The Kier molecular flexibility index (Phi) is 11.1. The third kappa shape index (κ3) is 6.47. The normalized spacial score (nSPS) is 13.1. The Balaban J connectivity index is 2.85. The van der Waals surface area contributed by atoms with Crippen molar-refractivity contribution in [3.63, 3.8) is 0 Å². The van der Waals surface area contributed by atoms with Gasteiger partial charge in [-0.3, -0.25) is 0 Å². The molecule has 0 aliphatic rings. The van der Waals surface area contributed by atoms with Gasteiger partial charge in [0.05, 0.1) is 5.60 Å². The number of ether oxygens (including phenoxy) is 1. The molecular formula is C23H36F4O. The largest absolute Gasteiger partial charge is 0.378 e. The third-order valence-corrected chi connectivity index (χ3v) is 6.19. The summed E-state index contributed by atoms with van der Waals surface area (Å²) in [5.74, 6) is -5.96. The molecule has 1 atom stereocenters. The van der Waals surface area contributed by atoms with Gasteiger partial charge in [-0.1, -0.05) is 59.3 Å². The summed E-state index contributed by atoms with van der Waals surface area (Å²) >= 11 is 0. The van der Waals surface area contributed by atoms with Gasteiger partial charge in [-0.2, -0.15) is 0 Å². The molecule has 0 amide bonds. The first-order valence-corrected chi connectivity index (χ1v) is 10.7. The number of halogens is 4. The van der Waals surface area contributed by atoms with E-state index in [2.05, 4.69) is 20.8 Å². The minimum Gasteiger partial charge on any atom is -0.378 e. The maximum atomic E-state index is 14.0. The first kappa shape index (κ1) is 24.9. The molecule has 0 radical (unpaired) electrons. The highest BCUT2D eigenvalue weighted by Crippen LogP contribution is 2.36. The minimum absolute atomic E-state index is 0.110. The molecule has 0 aromatic heterocycles. The lowest BCUT2D eigenvalue weighted by Gasteiger charge is -2.39. The molecule has 162 valence electrons. The Bertz CT molecular complexity index is 576. The van der Waals surface area contributed by atoms with Gasteiger partial charge in [-0.25, -0.2) is 17.6 Å². The molecule has 0 fully saturated rings. The second kappa shape index (κ2) is 12.5. The maximum Gasteiger partial charge on any atom is 0.197 e. The summed E-state index contributed by atoms with van der Waals surface area (Å²) in [5, 5.41) is 0. The van der Waals surface area contributed by atoms with Crippen molar-refractivity contribution in [2.45, 2.75) is 97.0 Å². The summed E-state index contributed by atoms with van der Waals surface area (Å²) in [5.41, 5.74) is -0.446. The number of benzene rings is 1. The predicted octanol–water partition coefficient (Wildman–Crippen LogP) is 7.75. The fourth-order valence-electron chi connectivity index (χ4n) is 4.26. The van der Waals surface area contributed by atoms with E-state index in [1.807, 2.05) is 0 Å². The molecule has 1 aromatic carbocycles. The molecular weight excluding hydrogens is 368 g/mol. The van der Waals surface area contributed by atoms with Gasteiger partial charge in [-0.15, -0.1) is 0 Å². The lowest BCUT2D eigenvalue weighted by Crippen LogP contribution is -2.39. The molecule has 0 heterocycles. The van der Waals surface area contributed by atoms with Crippen LogP contribution in [0.25, 0.3) is 0 Å². The van der Waals surface area contributed by atoms with E-state index < -0.39 is 23.3 Å². The Labute approximate surface area is 167 Å². The predicted molar refractivity (Wildman–Crippen MR) is 106 cm³/mol. The second-order valence-electron chi connectivity index (χ2n) is 7.73. The van der Waals surface area contributed by atoms with Gasteiger partial charge < -0.3 is 4.74 Å². The number of unbranched alkanes of at least 4 members (excludes halogenated alkanes) is 5. The van der Waals surface area contributed by atoms with Crippen LogP contribution in [0.5, 0.6) is 0 Å². The van der Waals surface area contributed by atoms with Crippen molar-refractivity contribution in [1.29, 1.82) is 0 Å². The highest BCUT2D eigenvalue weighted by molar-refractivity contribution is 5.22. The molecule has 5 heteroatoms. The molecule has 0 N–H and O–H groups in total. The molecule has 0 aliphatic heterocycles. The van der Waals surface area contributed by atoms with Crippen molar-refractivity contribution in [2.75, 3.05) is 7.11 Å². The maximum absolute atomic E-state index is 14.0. The fraction of sp³-hybridized carbons (Fsp3) is 0.739. The summed E-state index contributed by atoms with van der Waals surface area (Å²) in [6.45, 7) is 6.32. The van der Waals surface area contributed by atoms with Crippen LogP contribution in [0.3, 0.4) is 0 Å². The zero-order valence-corrected chi connectivity index (χ0v) is 17.9. The van der Waals surface area contributed by atoms with Gasteiger partial charge in [0.15, 0.2) is 23.3 Å². The topological polar surface area (TPSA) is 9.23 Å². The second-order valence-corrected chi connectivity index (χ2v) is 7.73. The smallest absolute Gasteiger partial charge is 0.197 e. The molecule has 28 heavy (non-hydrogen) atoms. The van der Waals surface area contributed by atoms with Crippen LogP contribution >= 0.6 is 0 Å². The van der Waals surface area contributed by atoms with Crippen LogP contribution in [-0.4, -0.2) is 12.7 Å². The Morgan fingerprint density at radius 2 is 1.43 bits per heavy atom. The quantitative estimate of drug-likeness (QED) is 0.133. The van der Waals surface area contributed by atoms with Crippen LogP contribution < -0.4 is 0 Å². The minimum atomic E-state index is -1.75. The Morgan fingerprint density at radius 3 is 2.00 bits per heavy atom. The Hall–Kier alpha value is -1.10. The van der Waals surface area contributed by atoms with E-state index in [0.29, 0.717) is 6.42 Å². The van der Waals surface area contributed by atoms with Crippen LogP contribution in [0.15, 0.2) is 6.07 Å². The van der Waals surface area contributed by atoms with Crippen LogP contribution in [0.4, 0.5) is 17.6 Å². The summed E-state index contributed by atoms with van der Waals surface area (Å²) < 4.78 is 60.2. The number of hydrogen-bond acceptors (Lipinski definition) is 1. The van der Waals surface area contributed by atoms with Crippen LogP contribution in [-0.2, 0) is 11.2 Å². The highest BCUT2D eigenvalue weighted by Gasteiger charge is 2.35. The first-order valence-electron chi connectivity index (χ1n) is 10.7. The average Bonchev–Trinajstić information content (AvgIpc) is 2.71. The van der Waals surface area contributed by atoms with E-state index in [9.17, 15) is 17.6 Å².